The Bertz CT molecular complexity index is 115. The van der Waals surface area contributed by atoms with Crippen LogP contribution in [-0.2, 0) is 0 Å². The molecule has 3 atom stereocenters. The van der Waals surface area contributed by atoms with Gasteiger partial charge in [-0.3, -0.25) is 0 Å². The van der Waals surface area contributed by atoms with Crippen molar-refractivity contribution in [2.75, 3.05) is 0 Å². The number of hydrogen-bond acceptors (Lipinski definition) is 0. The largest absolute Gasteiger partial charge is 0.0625 e. The van der Waals surface area contributed by atoms with Crippen molar-refractivity contribution < 1.29 is 0 Å². The Morgan fingerprint density at radius 1 is 1.09 bits per heavy atom. The van der Waals surface area contributed by atoms with Gasteiger partial charge >= 0.3 is 0 Å². The predicted molar refractivity (Wildman–Crippen MR) is 50.5 cm³/mol. The molecule has 1 saturated carbocycles. The second-order valence-corrected chi connectivity index (χ2v) is 4.80. The average Bonchev–Trinajstić information content (AvgIpc) is 1.94. The lowest BCUT2D eigenvalue weighted by molar-refractivity contribution is 0.155. The molecule has 0 N–H and O–H groups in total. The van der Waals surface area contributed by atoms with E-state index in [9.17, 15) is 0 Å². The normalized spacial score (nSPS) is 39.5. The van der Waals surface area contributed by atoms with Crippen LogP contribution in [0.4, 0.5) is 0 Å². The van der Waals surface area contributed by atoms with E-state index in [-0.39, 0.29) is 0 Å². The van der Waals surface area contributed by atoms with E-state index >= 15 is 0 Å². The standard InChI is InChI=1S/C11H22/c1-8(2)11-7-9(3)5-6-10(11)4/h8-11H,5-7H2,1-4H3. The van der Waals surface area contributed by atoms with E-state index in [0.29, 0.717) is 0 Å². The molecule has 0 radical (unpaired) electrons. The summed E-state index contributed by atoms with van der Waals surface area (Å²) in [7, 11) is 0. The SMILES string of the molecule is CC1CCC(C)C(C(C)C)C1. The minimum Gasteiger partial charge on any atom is -0.0625 e. The molecule has 66 valence electrons. The minimum absolute atomic E-state index is 0.896. The lowest BCUT2D eigenvalue weighted by Crippen LogP contribution is -2.25. The first-order valence-corrected chi connectivity index (χ1v) is 5.11. The molecule has 1 aliphatic rings. The summed E-state index contributed by atoms with van der Waals surface area (Å²) in [4.78, 5) is 0. The Kier molecular flexibility index (Phi) is 2.98. The zero-order valence-corrected chi connectivity index (χ0v) is 8.43. The van der Waals surface area contributed by atoms with Gasteiger partial charge in [0.15, 0.2) is 0 Å². The summed E-state index contributed by atoms with van der Waals surface area (Å²) in [6, 6.07) is 0. The minimum atomic E-state index is 0.896. The van der Waals surface area contributed by atoms with Crippen LogP contribution in [-0.4, -0.2) is 0 Å². The summed E-state index contributed by atoms with van der Waals surface area (Å²) >= 11 is 0. The molecule has 1 rings (SSSR count). The van der Waals surface area contributed by atoms with Crippen molar-refractivity contribution in [3.05, 3.63) is 0 Å². The van der Waals surface area contributed by atoms with Gasteiger partial charge in [0.05, 0.1) is 0 Å². The van der Waals surface area contributed by atoms with Gasteiger partial charge in [-0.25, -0.2) is 0 Å². The van der Waals surface area contributed by atoms with Gasteiger partial charge in [-0.15, -0.1) is 0 Å². The number of rotatable bonds is 1. The van der Waals surface area contributed by atoms with Crippen molar-refractivity contribution in [1.29, 1.82) is 0 Å². The van der Waals surface area contributed by atoms with E-state index in [2.05, 4.69) is 27.7 Å². The van der Waals surface area contributed by atoms with E-state index in [1.54, 1.807) is 0 Å². The second-order valence-electron chi connectivity index (χ2n) is 4.80. The average molecular weight is 154 g/mol. The van der Waals surface area contributed by atoms with Crippen molar-refractivity contribution in [3.63, 3.8) is 0 Å². The molecule has 0 aliphatic heterocycles. The van der Waals surface area contributed by atoms with Gasteiger partial charge in [0, 0.05) is 0 Å². The van der Waals surface area contributed by atoms with Crippen LogP contribution in [0.25, 0.3) is 0 Å². The second kappa shape index (κ2) is 3.60. The van der Waals surface area contributed by atoms with Crippen molar-refractivity contribution in [2.45, 2.75) is 47.0 Å². The highest BCUT2D eigenvalue weighted by atomic mass is 14.3. The molecule has 1 fully saturated rings. The zero-order valence-electron chi connectivity index (χ0n) is 8.43. The van der Waals surface area contributed by atoms with Crippen LogP contribution in [0.15, 0.2) is 0 Å². The van der Waals surface area contributed by atoms with Crippen LogP contribution >= 0.6 is 0 Å². The highest BCUT2D eigenvalue weighted by molar-refractivity contribution is 4.77. The fourth-order valence-electron chi connectivity index (χ4n) is 2.51. The molecule has 0 saturated heterocycles. The molecule has 11 heavy (non-hydrogen) atoms. The van der Waals surface area contributed by atoms with Crippen LogP contribution in [0.2, 0.25) is 0 Å². The van der Waals surface area contributed by atoms with Crippen molar-refractivity contribution >= 4 is 0 Å². The molecule has 1 aliphatic carbocycles. The first-order chi connectivity index (χ1) is 5.11. The van der Waals surface area contributed by atoms with E-state index in [1.165, 1.54) is 19.3 Å². The van der Waals surface area contributed by atoms with Crippen LogP contribution in [0, 0.1) is 23.7 Å². The lowest BCUT2D eigenvalue weighted by atomic mass is 9.71. The molecule has 0 aromatic rings. The predicted octanol–water partition coefficient (Wildman–Crippen LogP) is 3.71. The van der Waals surface area contributed by atoms with Gasteiger partial charge in [0.2, 0.25) is 0 Å². The third kappa shape index (κ3) is 2.21. The van der Waals surface area contributed by atoms with E-state index in [4.69, 9.17) is 0 Å². The molecule has 0 nitrogen and oxygen atoms in total. The Balaban J connectivity index is 2.47. The highest BCUT2D eigenvalue weighted by Gasteiger charge is 2.27. The molecule has 0 heterocycles. The van der Waals surface area contributed by atoms with E-state index in [0.717, 1.165) is 23.7 Å². The topological polar surface area (TPSA) is 0 Å². The van der Waals surface area contributed by atoms with Crippen molar-refractivity contribution in [3.8, 4) is 0 Å². The fraction of sp³-hybridized carbons (Fsp3) is 1.00. The maximum Gasteiger partial charge on any atom is -0.0363 e. The third-order valence-electron chi connectivity index (χ3n) is 3.38. The molecule has 0 bridgehead atoms. The quantitative estimate of drug-likeness (QED) is 0.540. The van der Waals surface area contributed by atoms with Gasteiger partial charge in [-0.2, -0.15) is 0 Å². The summed E-state index contributed by atoms with van der Waals surface area (Å²) in [5.41, 5.74) is 0. The highest BCUT2D eigenvalue weighted by Crippen LogP contribution is 2.37. The zero-order chi connectivity index (χ0) is 8.43. The van der Waals surface area contributed by atoms with Gasteiger partial charge in [0.25, 0.3) is 0 Å². The van der Waals surface area contributed by atoms with Crippen molar-refractivity contribution in [2.24, 2.45) is 23.7 Å². The molecular weight excluding hydrogens is 132 g/mol. The molecule has 0 amide bonds. The first-order valence-electron chi connectivity index (χ1n) is 5.11. The van der Waals surface area contributed by atoms with Crippen LogP contribution in [0.5, 0.6) is 0 Å². The molecular formula is C11H22. The first kappa shape index (κ1) is 9.09. The summed E-state index contributed by atoms with van der Waals surface area (Å²) in [5, 5.41) is 0. The molecule has 0 spiro atoms. The van der Waals surface area contributed by atoms with Crippen LogP contribution in [0.3, 0.4) is 0 Å². The maximum atomic E-state index is 2.43. The van der Waals surface area contributed by atoms with E-state index in [1.807, 2.05) is 0 Å². The number of hydrogen-bond donors (Lipinski definition) is 0. The fourth-order valence-corrected chi connectivity index (χ4v) is 2.51. The summed E-state index contributed by atoms with van der Waals surface area (Å²) < 4.78 is 0. The monoisotopic (exact) mass is 154 g/mol. The Morgan fingerprint density at radius 2 is 1.73 bits per heavy atom. The van der Waals surface area contributed by atoms with Crippen LogP contribution < -0.4 is 0 Å². The molecule has 0 heteroatoms. The van der Waals surface area contributed by atoms with Gasteiger partial charge in [0.1, 0.15) is 0 Å². The van der Waals surface area contributed by atoms with Crippen molar-refractivity contribution in [1.82, 2.24) is 0 Å². The summed E-state index contributed by atoms with van der Waals surface area (Å²) in [6.07, 6.45) is 4.40. The Hall–Kier alpha value is 0. The maximum absolute atomic E-state index is 2.43. The molecule has 0 aromatic heterocycles. The van der Waals surface area contributed by atoms with Gasteiger partial charge in [-0.05, 0) is 30.1 Å². The summed E-state index contributed by atoms with van der Waals surface area (Å²) in [6.45, 7) is 9.58. The summed E-state index contributed by atoms with van der Waals surface area (Å²) in [5.74, 6) is 3.86. The van der Waals surface area contributed by atoms with Gasteiger partial charge in [-0.1, -0.05) is 40.5 Å². The lowest BCUT2D eigenvalue weighted by Gasteiger charge is -2.35. The smallest absolute Gasteiger partial charge is 0.0363 e. The van der Waals surface area contributed by atoms with Crippen LogP contribution in [0.1, 0.15) is 47.0 Å². The molecule has 3 unspecified atom stereocenters. The van der Waals surface area contributed by atoms with Gasteiger partial charge < -0.3 is 0 Å². The Labute approximate surface area is 71.4 Å². The Morgan fingerprint density at radius 3 is 2.18 bits per heavy atom. The molecule has 0 aromatic carbocycles. The third-order valence-corrected chi connectivity index (χ3v) is 3.38. The van der Waals surface area contributed by atoms with E-state index < -0.39 is 0 Å².